The fourth-order valence-electron chi connectivity index (χ4n) is 3.39. The molecule has 0 amide bonds. The summed E-state index contributed by atoms with van der Waals surface area (Å²) in [5, 5.41) is 11.3. The van der Waals surface area contributed by atoms with Gasteiger partial charge in [0.05, 0.1) is 18.2 Å². The van der Waals surface area contributed by atoms with Gasteiger partial charge >= 0.3 is 5.97 Å². The number of carbonyl (C=O) groups is 1. The van der Waals surface area contributed by atoms with E-state index in [0.29, 0.717) is 27.9 Å². The van der Waals surface area contributed by atoms with E-state index in [2.05, 4.69) is 11.9 Å². The lowest BCUT2D eigenvalue weighted by atomic mass is 10.0. The van der Waals surface area contributed by atoms with Crippen LogP contribution < -0.4 is 4.74 Å². The molecular weight excluding hydrogens is 354 g/mol. The summed E-state index contributed by atoms with van der Waals surface area (Å²) in [4.78, 5) is 16.6. The van der Waals surface area contributed by atoms with Crippen molar-refractivity contribution in [2.24, 2.45) is 0 Å². The van der Waals surface area contributed by atoms with Crippen molar-refractivity contribution < 1.29 is 19.1 Å². The Labute approximate surface area is 162 Å². The SMILES string of the molecule is CCCCc1ccc2nc(-c3cc4cc(OC)ccc4o3)cc(C(=O)O)c2c1. The van der Waals surface area contributed by atoms with Gasteiger partial charge in [0.25, 0.3) is 0 Å². The first kappa shape index (κ1) is 18.0. The van der Waals surface area contributed by atoms with Crippen molar-refractivity contribution in [3.05, 3.63) is 59.7 Å². The Bertz CT molecular complexity index is 1180. The zero-order valence-corrected chi connectivity index (χ0v) is 15.9. The zero-order chi connectivity index (χ0) is 19.7. The van der Waals surface area contributed by atoms with E-state index < -0.39 is 5.97 Å². The number of nitrogens with zero attached hydrogens (tertiary/aromatic N) is 1. The Morgan fingerprint density at radius 3 is 2.75 bits per heavy atom. The van der Waals surface area contributed by atoms with Crippen LogP contribution in [0, 0.1) is 0 Å². The maximum Gasteiger partial charge on any atom is 0.336 e. The van der Waals surface area contributed by atoms with Crippen molar-refractivity contribution in [1.82, 2.24) is 4.98 Å². The van der Waals surface area contributed by atoms with Crippen molar-refractivity contribution in [2.75, 3.05) is 7.11 Å². The monoisotopic (exact) mass is 375 g/mol. The molecule has 142 valence electrons. The van der Waals surface area contributed by atoms with Gasteiger partial charge in [0.2, 0.25) is 0 Å². The Hall–Kier alpha value is -3.34. The highest BCUT2D eigenvalue weighted by molar-refractivity contribution is 6.04. The van der Waals surface area contributed by atoms with Crippen molar-refractivity contribution in [3.63, 3.8) is 0 Å². The lowest BCUT2D eigenvalue weighted by Gasteiger charge is -2.08. The molecule has 0 unspecified atom stereocenters. The van der Waals surface area contributed by atoms with E-state index in [9.17, 15) is 9.90 Å². The molecule has 0 saturated heterocycles. The molecule has 0 aliphatic carbocycles. The third-order valence-electron chi connectivity index (χ3n) is 4.90. The van der Waals surface area contributed by atoms with Crippen LogP contribution >= 0.6 is 0 Å². The smallest absolute Gasteiger partial charge is 0.336 e. The summed E-state index contributed by atoms with van der Waals surface area (Å²) < 4.78 is 11.2. The standard InChI is InChI=1S/C23H21NO4/c1-3-4-5-14-6-8-19-17(10-14)18(23(25)26)13-20(24-19)22-12-15-11-16(27-2)7-9-21(15)28-22/h6-13H,3-5H2,1-2H3,(H,25,26). The van der Waals surface area contributed by atoms with Gasteiger partial charge in [0.15, 0.2) is 5.76 Å². The molecule has 0 fully saturated rings. The van der Waals surface area contributed by atoms with Crippen LogP contribution in [-0.4, -0.2) is 23.2 Å². The highest BCUT2D eigenvalue weighted by Gasteiger charge is 2.16. The summed E-state index contributed by atoms with van der Waals surface area (Å²) in [6.07, 6.45) is 3.10. The maximum absolute atomic E-state index is 11.9. The van der Waals surface area contributed by atoms with Crippen LogP contribution in [0.25, 0.3) is 33.3 Å². The number of pyridine rings is 1. The molecule has 2 aromatic carbocycles. The molecule has 0 bridgehead atoms. The van der Waals surface area contributed by atoms with Crippen LogP contribution in [0.15, 0.2) is 52.9 Å². The van der Waals surface area contributed by atoms with E-state index in [4.69, 9.17) is 9.15 Å². The normalized spacial score (nSPS) is 11.2. The largest absolute Gasteiger partial charge is 0.497 e. The summed E-state index contributed by atoms with van der Waals surface area (Å²) in [6, 6.07) is 14.8. The number of methoxy groups -OCH3 is 1. The number of carboxylic acid groups (broad SMARTS) is 1. The predicted octanol–water partition coefficient (Wildman–Crippen LogP) is 5.70. The van der Waals surface area contributed by atoms with Gasteiger partial charge in [-0.1, -0.05) is 19.4 Å². The second kappa shape index (κ2) is 7.35. The molecule has 0 spiro atoms. The van der Waals surface area contributed by atoms with Gasteiger partial charge in [-0.25, -0.2) is 9.78 Å². The number of rotatable bonds is 6. The van der Waals surface area contributed by atoms with Crippen molar-refractivity contribution in [2.45, 2.75) is 26.2 Å². The Morgan fingerprint density at radius 2 is 2.00 bits per heavy atom. The summed E-state index contributed by atoms with van der Waals surface area (Å²) >= 11 is 0. The van der Waals surface area contributed by atoms with Gasteiger partial charge < -0.3 is 14.3 Å². The third-order valence-corrected chi connectivity index (χ3v) is 4.90. The molecule has 1 N–H and O–H groups in total. The number of carboxylic acids is 1. The minimum atomic E-state index is -0.973. The fourth-order valence-corrected chi connectivity index (χ4v) is 3.39. The summed E-state index contributed by atoms with van der Waals surface area (Å²) in [5.74, 6) is 0.291. The van der Waals surface area contributed by atoms with Crippen molar-refractivity contribution in [3.8, 4) is 17.2 Å². The molecule has 0 radical (unpaired) electrons. The first-order chi connectivity index (χ1) is 13.6. The second-order valence-electron chi connectivity index (χ2n) is 6.83. The topological polar surface area (TPSA) is 72.6 Å². The minimum Gasteiger partial charge on any atom is -0.497 e. The number of benzene rings is 2. The molecule has 2 aromatic heterocycles. The summed E-state index contributed by atoms with van der Waals surface area (Å²) in [6.45, 7) is 2.14. The van der Waals surface area contributed by atoms with Crippen LogP contribution in [0.1, 0.15) is 35.7 Å². The first-order valence-electron chi connectivity index (χ1n) is 9.34. The molecule has 5 heteroatoms. The minimum absolute atomic E-state index is 0.233. The van der Waals surface area contributed by atoms with Gasteiger partial charge in [-0.15, -0.1) is 0 Å². The number of aromatic nitrogens is 1. The Kier molecular flexibility index (Phi) is 4.74. The highest BCUT2D eigenvalue weighted by Crippen LogP contribution is 2.32. The summed E-state index contributed by atoms with van der Waals surface area (Å²) in [5.41, 5.74) is 3.21. The van der Waals surface area contributed by atoms with E-state index in [0.717, 1.165) is 36.0 Å². The number of ether oxygens (including phenoxy) is 1. The number of aryl methyl sites for hydroxylation is 1. The Morgan fingerprint density at radius 1 is 1.14 bits per heavy atom. The van der Waals surface area contributed by atoms with Gasteiger partial charge in [-0.2, -0.15) is 0 Å². The van der Waals surface area contributed by atoms with Crippen molar-refractivity contribution in [1.29, 1.82) is 0 Å². The molecule has 0 aliphatic heterocycles. The fraction of sp³-hybridized carbons (Fsp3) is 0.217. The van der Waals surface area contributed by atoms with E-state index in [1.54, 1.807) is 13.2 Å². The molecule has 0 saturated carbocycles. The second-order valence-corrected chi connectivity index (χ2v) is 6.83. The molecule has 0 atom stereocenters. The van der Waals surface area contributed by atoms with Gasteiger partial charge in [0.1, 0.15) is 17.0 Å². The van der Waals surface area contributed by atoms with Crippen LogP contribution in [0.5, 0.6) is 5.75 Å². The number of unbranched alkanes of at least 4 members (excludes halogenated alkanes) is 1. The maximum atomic E-state index is 11.9. The van der Waals surface area contributed by atoms with Gasteiger partial charge in [0, 0.05) is 10.8 Å². The summed E-state index contributed by atoms with van der Waals surface area (Å²) in [7, 11) is 1.61. The third kappa shape index (κ3) is 3.31. The first-order valence-corrected chi connectivity index (χ1v) is 9.34. The van der Waals surface area contributed by atoms with Crippen LogP contribution in [0.4, 0.5) is 0 Å². The van der Waals surface area contributed by atoms with Crippen LogP contribution in [0.2, 0.25) is 0 Å². The van der Waals surface area contributed by atoms with Crippen molar-refractivity contribution >= 4 is 27.8 Å². The van der Waals surface area contributed by atoms with Gasteiger partial charge in [-0.05, 0) is 60.9 Å². The zero-order valence-electron chi connectivity index (χ0n) is 15.9. The molecule has 4 aromatic rings. The number of hydrogen-bond acceptors (Lipinski definition) is 4. The van der Waals surface area contributed by atoms with E-state index in [-0.39, 0.29) is 5.56 Å². The number of fused-ring (bicyclic) bond motifs is 2. The van der Waals surface area contributed by atoms with Gasteiger partial charge in [-0.3, -0.25) is 0 Å². The number of furan rings is 1. The van der Waals surface area contributed by atoms with Crippen LogP contribution in [0.3, 0.4) is 0 Å². The van der Waals surface area contributed by atoms with E-state index in [1.807, 2.05) is 42.5 Å². The lowest BCUT2D eigenvalue weighted by molar-refractivity contribution is 0.0699. The highest BCUT2D eigenvalue weighted by atomic mass is 16.5. The lowest BCUT2D eigenvalue weighted by Crippen LogP contribution is -2.01. The average Bonchev–Trinajstić information content (AvgIpc) is 3.14. The Balaban J connectivity index is 1.84. The quantitative estimate of drug-likeness (QED) is 0.468. The van der Waals surface area contributed by atoms with E-state index >= 15 is 0 Å². The molecule has 28 heavy (non-hydrogen) atoms. The van der Waals surface area contributed by atoms with E-state index in [1.165, 1.54) is 0 Å². The average molecular weight is 375 g/mol. The molecule has 0 aliphatic rings. The molecule has 4 rings (SSSR count). The molecule has 2 heterocycles. The van der Waals surface area contributed by atoms with Crippen LogP contribution in [-0.2, 0) is 6.42 Å². The number of hydrogen-bond donors (Lipinski definition) is 1. The number of aromatic carboxylic acids is 1. The predicted molar refractivity (Wildman–Crippen MR) is 109 cm³/mol. The molecule has 5 nitrogen and oxygen atoms in total. The molecular formula is C23H21NO4.